The van der Waals surface area contributed by atoms with Gasteiger partial charge in [-0.3, -0.25) is 9.69 Å². The summed E-state index contributed by atoms with van der Waals surface area (Å²) in [7, 11) is -4.04. The zero-order valence-corrected chi connectivity index (χ0v) is 17.0. The minimum absolute atomic E-state index is 0.168. The lowest BCUT2D eigenvalue weighted by atomic mass is 10.3. The predicted octanol–water partition coefficient (Wildman–Crippen LogP) is 1.24. The molecule has 0 bridgehead atoms. The minimum Gasteiger partial charge on any atom is -0.294 e. The number of nitrogens with zero attached hydrogens (tertiary/aromatic N) is 5. The van der Waals surface area contributed by atoms with E-state index in [1.165, 1.54) is 26.2 Å². The SMILES string of the molecule is Cc1cc(=O)n2nc(CN3CCN(S(=O)(=O)c4ccc(F)cc4F)CC3)sc2n1. The fourth-order valence-corrected chi connectivity index (χ4v) is 5.62. The fraction of sp³-hybridized carbons (Fsp3) is 0.353. The van der Waals surface area contributed by atoms with Gasteiger partial charge in [0.05, 0.1) is 6.54 Å². The van der Waals surface area contributed by atoms with Gasteiger partial charge >= 0.3 is 0 Å². The van der Waals surface area contributed by atoms with Crippen LogP contribution in [0.2, 0.25) is 0 Å². The molecule has 0 N–H and O–H groups in total. The second-order valence-electron chi connectivity index (χ2n) is 6.68. The van der Waals surface area contributed by atoms with E-state index in [1.807, 2.05) is 4.90 Å². The van der Waals surface area contributed by atoms with Crippen LogP contribution in [0.3, 0.4) is 0 Å². The number of benzene rings is 1. The molecule has 1 aliphatic heterocycles. The molecule has 1 saturated heterocycles. The molecule has 3 aromatic rings. The summed E-state index contributed by atoms with van der Waals surface area (Å²) in [6.07, 6.45) is 0. The Balaban J connectivity index is 1.45. The smallest absolute Gasteiger partial charge is 0.275 e. The average Bonchev–Trinajstić information content (AvgIpc) is 3.04. The number of piperazine rings is 1. The highest BCUT2D eigenvalue weighted by molar-refractivity contribution is 7.89. The number of halogens is 2. The van der Waals surface area contributed by atoms with E-state index in [0.29, 0.717) is 41.4 Å². The number of rotatable bonds is 4. The number of hydrogen-bond donors (Lipinski definition) is 0. The topological polar surface area (TPSA) is 87.9 Å². The van der Waals surface area contributed by atoms with E-state index in [9.17, 15) is 22.0 Å². The van der Waals surface area contributed by atoms with E-state index in [4.69, 9.17) is 0 Å². The molecular formula is C17H17F2N5O3S2. The van der Waals surface area contributed by atoms with E-state index in [2.05, 4.69) is 10.1 Å². The Morgan fingerprint density at radius 2 is 1.86 bits per heavy atom. The molecule has 0 atom stereocenters. The lowest BCUT2D eigenvalue weighted by molar-refractivity contribution is 0.181. The number of aryl methyl sites for hydroxylation is 1. The number of aromatic nitrogens is 3. The highest BCUT2D eigenvalue weighted by Crippen LogP contribution is 2.22. The van der Waals surface area contributed by atoms with Crippen LogP contribution in [0.5, 0.6) is 0 Å². The van der Waals surface area contributed by atoms with Crippen LogP contribution < -0.4 is 5.56 Å². The Morgan fingerprint density at radius 1 is 1.14 bits per heavy atom. The van der Waals surface area contributed by atoms with Crippen molar-refractivity contribution in [2.24, 2.45) is 0 Å². The molecule has 0 spiro atoms. The van der Waals surface area contributed by atoms with Crippen LogP contribution in [0, 0.1) is 18.6 Å². The number of fused-ring (bicyclic) bond motifs is 1. The molecule has 0 aliphatic carbocycles. The second-order valence-corrected chi connectivity index (χ2v) is 9.63. The van der Waals surface area contributed by atoms with Gasteiger partial charge in [-0.15, -0.1) is 0 Å². The predicted molar refractivity (Wildman–Crippen MR) is 102 cm³/mol. The number of hydrogen-bond acceptors (Lipinski definition) is 7. The maximum Gasteiger partial charge on any atom is 0.275 e. The van der Waals surface area contributed by atoms with Crippen molar-refractivity contribution in [1.29, 1.82) is 0 Å². The van der Waals surface area contributed by atoms with Crippen molar-refractivity contribution < 1.29 is 17.2 Å². The fourth-order valence-electron chi connectivity index (χ4n) is 3.17. The van der Waals surface area contributed by atoms with Gasteiger partial charge in [-0.2, -0.15) is 13.9 Å². The lowest BCUT2D eigenvalue weighted by Gasteiger charge is -2.33. The van der Waals surface area contributed by atoms with Gasteiger partial charge in [0.2, 0.25) is 15.0 Å². The van der Waals surface area contributed by atoms with E-state index in [0.717, 1.165) is 12.1 Å². The van der Waals surface area contributed by atoms with E-state index in [-0.39, 0.29) is 18.6 Å². The first kappa shape index (κ1) is 20.0. The molecule has 1 fully saturated rings. The molecule has 1 aromatic carbocycles. The summed E-state index contributed by atoms with van der Waals surface area (Å²) < 4.78 is 54.8. The average molecular weight is 441 g/mol. The third-order valence-electron chi connectivity index (χ3n) is 4.62. The molecule has 3 heterocycles. The van der Waals surface area contributed by atoms with E-state index >= 15 is 0 Å². The van der Waals surface area contributed by atoms with E-state index < -0.39 is 26.6 Å². The van der Waals surface area contributed by atoms with Crippen LogP contribution >= 0.6 is 11.3 Å². The van der Waals surface area contributed by atoms with Gasteiger partial charge in [0.1, 0.15) is 21.5 Å². The van der Waals surface area contributed by atoms with Gasteiger partial charge in [0.15, 0.2) is 0 Å². The van der Waals surface area contributed by atoms with Crippen LogP contribution in [0.4, 0.5) is 8.78 Å². The number of sulfonamides is 1. The summed E-state index contributed by atoms with van der Waals surface area (Å²) >= 11 is 1.31. The van der Waals surface area contributed by atoms with Crippen LogP contribution in [0.1, 0.15) is 10.7 Å². The summed E-state index contributed by atoms with van der Waals surface area (Å²) in [6.45, 7) is 3.36. The molecule has 0 amide bonds. The summed E-state index contributed by atoms with van der Waals surface area (Å²) in [5.41, 5.74) is 0.379. The maximum atomic E-state index is 13.9. The quantitative estimate of drug-likeness (QED) is 0.606. The van der Waals surface area contributed by atoms with Gasteiger partial charge in [-0.1, -0.05) is 11.3 Å². The normalized spacial score (nSPS) is 16.5. The Labute approximate surface area is 169 Å². The first-order valence-electron chi connectivity index (χ1n) is 8.78. The summed E-state index contributed by atoms with van der Waals surface area (Å²) in [5.74, 6) is -1.93. The monoisotopic (exact) mass is 441 g/mol. The van der Waals surface area contributed by atoms with Gasteiger partial charge in [-0.25, -0.2) is 22.2 Å². The minimum atomic E-state index is -4.04. The molecular weight excluding hydrogens is 424 g/mol. The summed E-state index contributed by atoms with van der Waals surface area (Å²) in [4.78, 5) is 18.2. The van der Waals surface area contributed by atoms with Crippen molar-refractivity contribution >= 4 is 26.3 Å². The molecule has 0 unspecified atom stereocenters. The zero-order chi connectivity index (χ0) is 20.8. The molecule has 154 valence electrons. The maximum absolute atomic E-state index is 13.9. The Morgan fingerprint density at radius 3 is 2.55 bits per heavy atom. The van der Waals surface area contributed by atoms with Gasteiger partial charge in [0.25, 0.3) is 5.56 Å². The molecule has 2 aromatic heterocycles. The highest BCUT2D eigenvalue weighted by atomic mass is 32.2. The highest BCUT2D eigenvalue weighted by Gasteiger charge is 2.31. The molecule has 29 heavy (non-hydrogen) atoms. The molecule has 4 rings (SSSR count). The lowest BCUT2D eigenvalue weighted by Crippen LogP contribution is -2.48. The van der Waals surface area contributed by atoms with Gasteiger partial charge < -0.3 is 0 Å². The van der Waals surface area contributed by atoms with Crippen molar-refractivity contribution in [3.63, 3.8) is 0 Å². The van der Waals surface area contributed by atoms with Crippen molar-refractivity contribution in [1.82, 2.24) is 23.8 Å². The van der Waals surface area contributed by atoms with E-state index in [1.54, 1.807) is 6.92 Å². The van der Waals surface area contributed by atoms with Crippen LogP contribution in [0.15, 0.2) is 34.0 Å². The first-order valence-corrected chi connectivity index (χ1v) is 11.0. The van der Waals surface area contributed by atoms with Crippen LogP contribution in [-0.4, -0.2) is 58.4 Å². The third-order valence-corrected chi connectivity index (χ3v) is 7.44. The second kappa shape index (κ2) is 7.52. The van der Waals surface area contributed by atoms with Crippen molar-refractivity contribution in [3.05, 3.63) is 57.0 Å². The molecule has 12 heteroatoms. The largest absolute Gasteiger partial charge is 0.294 e. The molecule has 1 aliphatic rings. The van der Waals surface area contributed by atoms with Gasteiger partial charge in [-0.05, 0) is 19.1 Å². The van der Waals surface area contributed by atoms with Crippen LogP contribution in [-0.2, 0) is 16.6 Å². The summed E-state index contributed by atoms with van der Waals surface area (Å²) in [6, 6.07) is 3.85. The molecule has 0 radical (unpaired) electrons. The molecule has 0 saturated carbocycles. The third kappa shape index (κ3) is 3.92. The Kier molecular flexibility index (Phi) is 5.19. The van der Waals surface area contributed by atoms with Crippen molar-refractivity contribution in [3.8, 4) is 0 Å². The van der Waals surface area contributed by atoms with Crippen molar-refractivity contribution in [2.45, 2.75) is 18.4 Å². The Hall–Kier alpha value is -2.28. The Bertz CT molecular complexity index is 1230. The molecule has 8 nitrogen and oxygen atoms in total. The summed E-state index contributed by atoms with van der Waals surface area (Å²) in [5, 5.41) is 4.98. The van der Waals surface area contributed by atoms with Crippen LogP contribution in [0.25, 0.3) is 4.96 Å². The van der Waals surface area contributed by atoms with Crippen molar-refractivity contribution in [2.75, 3.05) is 26.2 Å². The first-order chi connectivity index (χ1) is 13.7. The zero-order valence-electron chi connectivity index (χ0n) is 15.4. The standard InChI is InChI=1S/C17H17F2N5O3S2/c1-11-8-16(25)24-17(20-11)28-15(21-24)10-22-4-6-23(7-5-22)29(26,27)14-3-2-12(18)9-13(14)19/h2-3,8-9H,4-7,10H2,1H3. The van der Waals surface area contributed by atoms with Gasteiger partial charge in [0, 0.05) is 44.0 Å².